The molecule has 1 aliphatic rings. The molecule has 0 aliphatic carbocycles. The lowest BCUT2D eigenvalue weighted by atomic mass is 10.0. The minimum atomic E-state index is 0.0761. The van der Waals surface area contributed by atoms with Crippen molar-refractivity contribution in [3.8, 4) is 5.75 Å². The maximum Gasteiger partial charge on any atom is 0.247 e. The van der Waals surface area contributed by atoms with Crippen molar-refractivity contribution in [1.82, 2.24) is 4.90 Å². The number of benzene rings is 2. The minimum absolute atomic E-state index is 0.0761. The standard InChI is InChI=1S/C20H21NO2/c1-23-18-12-10-17(11-13-18)19-8-5-15-21(19)20(22)14-9-16-6-3-2-4-7-16/h2-4,6-7,9-14,19H,5,8,15H2,1H3. The molecule has 3 heteroatoms. The molecule has 118 valence electrons. The molecule has 2 aromatic rings. The Morgan fingerprint density at radius 1 is 1.13 bits per heavy atom. The van der Waals surface area contributed by atoms with E-state index in [0.717, 1.165) is 30.7 Å². The van der Waals surface area contributed by atoms with E-state index in [1.165, 1.54) is 5.56 Å². The van der Waals surface area contributed by atoms with Gasteiger partial charge >= 0.3 is 0 Å². The first kappa shape index (κ1) is 15.3. The number of hydrogen-bond donors (Lipinski definition) is 0. The zero-order valence-electron chi connectivity index (χ0n) is 13.3. The second-order valence-corrected chi connectivity index (χ2v) is 5.71. The molecular weight excluding hydrogens is 286 g/mol. The van der Waals surface area contributed by atoms with Crippen molar-refractivity contribution < 1.29 is 9.53 Å². The lowest BCUT2D eigenvalue weighted by Gasteiger charge is -2.24. The topological polar surface area (TPSA) is 29.5 Å². The molecule has 1 saturated heterocycles. The van der Waals surface area contributed by atoms with Gasteiger partial charge in [-0.15, -0.1) is 0 Å². The Hall–Kier alpha value is -2.55. The molecule has 3 rings (SSSR count). The number of rotatable bonds is 4. The molecule has 0 N–H and O–H groups in total. The third-order valence-electron chi connectivity index (χ3n) is 4.25. The number of ether oxygens (including phenoxy) is 1. The van der Waals surface area contributed by atoms with E-state index >= 15 is 0 Å². The molecule has 2 aromatic carbocycles. The highest BCUT2D eigenvalue weighted by Crippen LogP contribution is 2.32. The van der Waals surface area contributed by atoms with Crippen LogP contribution in [0.1, 0.15) is 30.0 Å². The van der Waals surface area contributed by atoms with Gasteiger partial charge in [-0.25, -0.2) is 0 Å². The Labute approximate surface area is 137 Å². The molecule has 1 atom stereocenters. The fourth-order valence-electron chi connectivity index (χ4n) is 3.03. The van der Waals surface area contributed by atoms with Crippen molar-refractivity contribution in [2.24, 2.45) is 0 Å². The predicted molar refractivity (Wildman–Crippen MR) is 92.2 cm³/mol. The first-order valence-corrected chi connectivity index (χ1v) is 7.95. The Kier molecular flexibility index (Phi) is 4.77. The van der Waals surface area contributed by atoms with Gasteiger partial charge in [0.15, 0.2) is 0 Å². The van der Waals surface area contributed by atoms with Crippen LogP contribution in [0.4, 0.5) is 0 Å². The van der Waals surface area contributed by atoms with Gasteiger partial charge in [0, 0.05) is 12.6 Å². The van der Waals surface area contributed by atoms with E-state index in [1.807, 2.05) is 53.4 Å². The normalized spacial score (nSPS) is 17.6. The molecule has 0 spiro atoms. The van der Waals surface area contributed by atoms with Crippen molar-refractivity contribution in [3.63, 3.8) is 0 Å². The largest absolute Gasteiger partial charge is 0.497 e. The molecule has 1 unspecified atom stereocenters. The highest BCUT2D eigenvalue weighted by molar-refractivity contribution is 5.92. The summed E-state index contributed by atoms with van der Waals surface area (Å²) in [5.41, 5.74) is 2.21. The van der Waals surface area contributed by atoms with Crippen molar-refractivity contribution >= 4 is 12.0 Å². The predicted octanol–water partition coefficient (Wildman–Crippen LogP) is 4.07. The van der Waals surface area contributed by atoms with Crippen molar-refractivity contribution in [2.75, 3.05) is 13.7 Å². The van der Waals surface area contributed by atoms with Crippen LogP contribution in [0.25, 0.3) is 6.08 Å². The van der Waals surface area contributed by atoms with Gasteiger partial charge in [0.2, 0.25) is 5.91 Å². The number of likely N-dealkylation sites (tertiary alicyclic amines) is 1. The van der Waals surface area contributed by atoms with Crippen LogP contribution in [0.15, 0.2) is 60.7 Å². The summed E-state index contributed by atoms with van der Waals surface area (Å²) in [5.74, 6) is 0.917. The highest BCUT2D eigenvalue weighted by atomic mass is 16.5. The fraction of sp³-hybridized carbons (Fsp3) is 0.250. The second-order valence-electron chi connectivity index (χ2n) is 5.71. The van der Waals surface area contributed by atoms with E-state index in [4.69, 9.17) is 4.74 Å². The first-order chi connectivity index (χ1) is 11.3. The highest BCUT2D eigenvalue weighted by Gasteiger charge is 2.28. The average Bonchev–Trinajstić information content (AvgIpc) is 3.10. The smallest absolute Gasteiger partial charge is 0.247 e. The van der Waals surface area contributed by atoms with Crippen LogP contribution in [0.2, 0.25) is 0 Å². The number of hydrogen-bond acceptors (Lipinski definition) is 2. The molecule has 23 heavy (non-hydrogen) atoms. The minimum Gasteiger partial charge on any atom is -0.497 e. The Morgan fingerprint density at radius 3 is 2.57 bits per heavy atom. The van der Waals surface area contributed by atoms with Crippen molar-refractivity contribution in [1.29, 1.82) is 0 Å². The summed E-state index contributed by atoms with van der Waals surface area (Å²) in [6, 6.07) is 18.1. The molecule has 0 saturated carbocycles. The van der Waals surface area contributed by atoms with Crippen LogP contribution < -0.4 is 4.74 Å². The lowest BCUT2D eigenvalue weighted by Crippen LogP contribution is -2.28. The number of carbonyl (C=O) groups excluding carboxylic acids is 1. The van der Waals surface area contributed by atoms with Crippen molar-refractivity contribution in [3.05, 3.63) is 71.8 Å². The quantitative estimate of drug-likeness (QED) is 0.797. The van der Waals surface area contributed by atoms with Crippen LogP contribution in [0, 0.1) is 0 Å². The Bertz CT molecular complexity index is 677. The van der Waals surface area contributed by atoms with E-state index in [-0.39, 0.29) is 11.9 Å². The molecule has 1 heterocycles. The molecule has 0 aromatic heterocycles. The number of nitrogens with zero attached hydrogens (tertiary/aromatic N) is 1. The van der Waals surface area contributed by atoms with Crippen LogP contribution in [0.5, 0.6) is 5.75 Å². The monoisotopic (exact) mass is 307 g/mol. The van der Waals surface area contributed by atoms with E-state index in [0.29, 0.717) is 0 Å². The van der Waals surface area contributed by atoms with E-state index in [1.54, 1.807) is 13.2 Å². The molecule has 3 nitrogen and oxygen atoms in total. The molecule has 1 aliphatic heterocycles. The SMILES string of the molecule is COc1ccc(C2CCCN2C(=O)C=Cc2ccccc2)cc1. The van der Waals surface area contributed by atoms with Gasteiger partial charge in [-0.3, -0.25) is 4.79 Å². The van der Waals surface area contributed by atoms with Crippen LogP contribution in [0.3, 0.4) is 0 Å². The van der Waals surface area contributed by atoms with Gasteiger partial charge < -0.3 is 9.64 Å². The number of amides is 1. The summed E-state index contributed by atoms with van der Waals surface area (Å²) < 4.78 is 5.20. The number of carbonyl (C=O) groups is 1. The Morgan fingerprint density at radius 2 is 1.87 bits per heavy atom. The summed E-state index contributed by atoms with van der Waals surface area (Å²) in [5, 5.41) is 0. The van der Waals surface area contributed by atoms with Crippen LogP contribution in [-0.4, -0.2) is 24.5 Å². The molecule has 0 radical (unpaired) electrons. The summed E-state index contributed by atoms with van der Waals surface area (Å²) in [7, 11) is 1.66. The summed E-state index contributed by atoms with van der Waals surface area (Å²) >= 11 is 0. The van der Waals surface area contributed by atoms with Gasteiger partial charge in [0.1, 0.15) is 5.75 Å². The van der Waals surface area contributed by atoms with Gasteiger partial charge in [-0.2, -0.15) is 0 Å². The summed E-state index contributed by atoms with van der Waals surface area (Å²) in [6.45, 7) is 0.814. The van der Waals surface area contributed by atoms with E-state index < -0.39 is 0 Å². The molecular formula is C20H21NO2. The lowest BCUT2D eigenvalue weighted by molar-refractivity contribution is -0.126. The Balaban J connectivity index is 1.72. The maximum absolute atomic E-state index is 12.5. The third-order valence-corrected chi connectivity index (χ3v) is 4.25. The molecule has 0 bridgehead atoms. The summed E-state index contributed by atoms with van der Waals surface area (Å²) in [4.78, 5) is 14.5. The second kappa shape index (κ2) is 7.14. The van der Waals surface area contributed by atoms with Crippen molar-refractivity contribution in [2.45, 2.75) is 18.9 Å². The molecule has 1 amide bonds. The van der Waals surface area contributed by atoms with Gasteiger partial charge in [0.25, 0.3) is 0 Å². The van der Waals surface area contributed by atoms with Gasteiger partial charge in [-0.1, -0.05) is 42.5 Å². The zero-order valence-corrected chi connectivity index (χ0v) is 13.3. The maximum atomic E-state index is 12.5. The first-order valence-electron chi connectivity index (χ1n) is 7.95. The van der Waals surface area contributed by atoms with E-state index in [2.05, 4.69) is 12.1 Å². The average molecular weight is 307 g/mol. The molecule has 1 fully saturated rings. The summed E-state index contributed by atoms with van der Waals surface area (Å²) in [6.07, 6.45) is 5.61. The van der Waals surface area contributed by atoms with Gasteiger partial charge in [-0.05, 0) is 42.2 Å². The van der Waals surface area contributed by atoms with Gasteiger partial charge in [0.05, 0.1) is 13.2 Å². The van der Waals surface area contributed by atoms with Crippen LogP contribution in [-0.2, 0) is 4.79 Å². The fourth-order valence-corrected chi connectivity index (χ4v) is 3.03. The van der Waals surface area contributed by atoms with E-state index in [9.17, 15) is 4.79 Å². The zero-order chi connectivity index (χ0) is 16.1. The third kappa shape index (κ3) is 3.62. The number of methoxy groups -OCH3 is 1. The van der Waals surface area contributed by atoms with Crippen LogP contribution >= 0.6 is 0 Å².